The lowest BCUT2D eigenvalue weighted by Gasteiger charge is -2.23. The second-order valence-electron chi connectivity index (χ2n) is 5.76. The van der Waals surface area contributed by atoms with E-state index in [0.717, 1.165) is 37.8 Å². The fourth-order valence-corrected chi connectivity index (χ4v) is 2.57. The van der Waals surface area contributed by atoms with Gasteiger partial charge >= 0.3 is 6.18 Å². The molecule has 0 radical (unpaired) electrons. The largest absolute Gasteiger partial charge is 0.416 e. The third kappa shape index (κ3) is 6.08. The number of hydrogen-bond acceptors (Lipinski definition) is 1. The molecule has 4 heteroatoms. The number of hydrogen-bond donors (Lipinski definition) is 1. The zero-order chi connectivity index (χ0) is 15.9. The molecule has 0 heterocycles. The van der Waals surface area contributed by atoms with Crippen LogP contribution in [0.15, 0.2) is 24.3 Å². The van der Waals surface area contributed by atoms with Gasteiger partial charge in [-0.1, -0.05) is 45.7 Å². The van der Waals surface area contributed by atoms with Crippen LogP contribution in [0.25, 0.3) is 0 Å². The van der Waals surface area contributed by atoms with Crippen molar-refractivity contribution in [3.05, 3.63) is 35.4 Å². The normalized spacial score (nSPS) is 15.0. The smallest absolute Gasteiger partial charge is 0.310 e. The SMILES string of the molecule is CCCNC(CC(C)CCC)c1ccc(C(F)(F)F)cc1. The van der Waals surface area contributed by atoms with E-state index in [1.165, 1.54) is 12.1 Å². The Kier molecular flexibility index (Phi) is 7.23. The lowest BCUT2D eigenvalue weighted by Crippen LogP contribution is -2.24. The monoisotopic (exact) mass is 301 g/mol. The molecule has 1 N–H and O–H groups in total. The standard InChI is InChI=1S/C17H26F3N/c1-4-6-13(3)12-16(21-11-5-2)14-7-9-15(10-8-14)17(18,19)20/h7-10,13,16,21H,4-6,11-12H2,1-3H3. The van der Waals surface area contributed by atoms with Crippen LogP contribution in [-0.4, -0.2) is 6.54 Å². The molecule has 0 aliphatic rings. The number of benzene rings is 1. The summed E-state index contributed by atoms with van der Waals surface area (Å²) in [5, 5.41) is 3.45. The molecule has 0 aliphatic carbocycles. The van der Waals surface area contributed by atoms with Gasteiger partial charge in [-0.15, -0.1) is 0 Å². The predicted molar refractivity (Wildman–Crippen MR) is 81.2 cm³/mol. The molecule has 0 fully saturated rings. The van der Waals surface area contributed by atoms with Crippen LogP contribution in [0.2, 0.25) is 0 Å². The molecule has 1 nitrogen and oxygen atoms in total. The molecular weight excluding hydrogens is 275 g/mol. The summed E-state index contributed by atoms with van der Waals surface area (Å²) < 4.78 is 37.9. The highest BCUT2D eigenvalue weighted by atomic mass is 19.4. The highest BCUT2D eigenvalue weighted by Gasteiger charge is 2.30. The first-order valence-electron chi connectivity index (χ1n) is 7.79. The van der Waals surface area contributed by atoms with Gasteiger partial charge in [0.05, 0.1) is 5.56 Å². The molecule has 0 bridgehead atoms. The predicted octanol–water partition coefficient (Wildman–Crippen LogP) is 5.57. The van der Waals surface area contributed by atoms with Crippen LogP contribution in [0, 0.1) is 5.92 Å². The number of halogens is 3. The van der Waals surface area contributed by atoms with Crippen LogP contribution < -0.4 is 5.32 Å². The molecule has 1 rings (SSSR count). The van der Waals surface area contributed by atoms with E-state index in [0.29, 0.717) is 5.92 Å². The Hall–Kier alpha value is -1.03. The molecule has 1 aromatic carbocycles. The third-order valence-electron chi connectivity index (χ3n) is 3.70. The van der Waals surface area contributed by atoms with Gasteiger partial charge in [0.2, 0.25) is 0 Å². The van der Waals surface area contributed by atoms with Gasteiger partial charge < -0.3 is 5.32 Å². The van der Waals surface area contributed by atoms with E-state index in [4.69, 9.17) is 0 Å². The van der Waals surface area contributed by atoms with E-state index in [1.54, 1.807) is 12.1 Å². The van der Waals surface area contributed by atoms with Gasteiger partial charge in [0, 0.05) is 6.04 Å². The fourth-order valence-electron chi connectivity index (χ4n) is 2.57. The molecule has 120 valence electrons. The van der Waals surface area contributed by atoms with Crippen LogP contribution in [0.5, 0.6) is 0 Å². The molecule has 0 aromatic heterocycles. The second-order valence-corrected chi connectivity index (χ2v) is 5.76. The minimum atomic E-state index is -4.26. The van der Waals surface area contributed by atoms with Crippen LogP contribution in [-0.2, 0) is 6.18 Å². The number of alkyl halides is 3. The number of rotatable bonds is 8. The Balaban J connectivity index is 2.82. The average Bonchev–Trinajstić information content (AvgIpc) is 2.43. The van der Waals surface area contributed by atoms with E-state index < -0.39 is 11.7 Å². The van der Waals surface area contributed by atoms with Crippen LogP contribution in [0.3, 0.4) is 0 Å². The summed E-state index contributed by atoms with van der Waals surface area (Å²) in [6.45, 7) is 7.33. The molecule has 21 heavy (non-hydrogen) atoms. The van der Waals surface area contributed by atoms with E-state index >= 15 is 0 Å². The Bertz CT molecular complexity index is 397. The van der Waals surface area contributed by atoms with Crippen LogP contribution in [0.1, 0.15) is 63.6 Å². The molecule has 0 amide bonds. The highest BCUT2D eigenvalue weighted by molar-refractivity contribution is 5.26. The zero-order valence-electron chi connectivity index (χ0n) is 13.1. The molecular formula is C17H26F3N. The lowest BCUT2D eigenvalue weighted by molar-refractivity contribution is -0.137. The molecule has 2 atom stereocenters. The Morgan fingerprint density at radius 1 is 1.05 bits per heavy atom. The van der Waals surface area contributed by atoms with Crippen LogP contribution in [0.4, 0.5) is 13.2 Å². The molecule has 0 aliphatic heterocycles. The van der Waals surface area contributed by atoms with E-state index in [9.17, 15) is 13.2 Å². The fraction of sp³-hybridized carbons (Fsp3) is 0.647. The maximum atomic E-state index is 12.6. The summed E-state index contributed by atoms with van der Waals surface area (Å²) in [6, 6.07) is 5.71. The van der Waals surface area contributed by atoms with Crippen molar-refractivity contribution >= 4 is 0 Å². The first kappa shape index (κ1) is 18.0. The van der Waals surface area contributed by atoms with Gasteiger partial charge in [-0.2, -0.15) is 13.2 Å². The van der Waals surface area contributed by atoms with Crippen molar-refractivity contribution in [1.82, 2.24) is 5.32 Å². The lowest BCUT2D eigenvalue weighted by atomic mass is 9.92. The maximum absolute atomic E-state index is 12.6. The minimum absolute atomic E-state index is 0.133. The van der Waals surface area contributed by atoms with Crippen molar-refractivity contribution in [2.24, 2.45) is 5.92 Å². The van der Waals surface area contributed by atoms with Crippen LogP contribution >= 0.6 is 0 Å². The first-order chi connectivity index (χ1) is 9.88. The zero-order valence-corrected chi connectivity index (χ0v) is 13.1. The van der Waals surface area contributed by atoms with E-state index in [-0.39, 0.29) is 6.04 Å². The van der Waals surface area contributed by atoms with Crippen molar-refractivity contribution in [1.29, 1.82) is 0 Å². The van der Waals surface area contributed by atoms with Crippen molar-refractivity contribution in [2.45, 2.75) is 58.7 Å². The quantitative estimate of drug-likeness (QED) is 0.661. The van der Waals surface area contributed by atoms with Gasteiger partial charge in [-0.05, 0) is 43.0 Å². The molecule has 0 saturated carbocycles. The molecule has 0 saturated heterocycles. The Morgan fingerprint density at radius 2 is 1.67 bits per heavy atom. The highest BCUT2D eigenvalue weighted by Crippen LogP contribution is 2.31. The van der Waals surface area contributed by atoms with Gasteiger partial charge in [0.1, 0.15) is 0 Å². The molecule has 2 unspecified atom stereocenters. The maximum Gasteiger partial charge on any atom is 0.416 e. The summed E-state index contributed by atoms with van der Waals surface area (Å²) in [6.07, 6.45) is -0.0154. The third-order valence-corrected chi connectivity index (χ3v) is 3.70. The van der Waals surface area contributed by atoms with Crippen molar-refractivity contribution < 1.29 is 13.2 Å². The van der Waals surface area contributed by atoms with E-state index in [1.807, 2.05) is 0 Å². The van der Waals surface area contributed by atoms with Crippen molar-refractivity contribution in [3.63, 3.8) is 0 Å². The van der Waals surface area contributed by atoms with E-state index in [2.05, 4.69) is 26.1 Å². The molecule has 0 spiro atoms. The summed E-state index contributed by atoms with van der Waals surface area (Å²) in [4.78, 5) is 0. The molecule has 1 aromatic rings. The summed E-state index contributed by atoms with van der Waals surface area (Å²) in [5.74, 6) is 0.562. The van der Waals surface area contributed by atoms with Gasteiger partial charge in [0.25, 0.3) is 0 Å². The van der Waals surface area contributed by atoms with Crippen molar-refractivity contribution in [2.75, 3.05) is 6.54 Å². The summed E-state index contributed by atoms with van der Waals surface area (Å²) in [7, 11) is 0. The van der Waals surface area contributed by atoms with Gasteiger partial charge in [-0.3, -0.25) is 0 Å². The van der Waals surface area contributed by atoms with Gasteiger partial charge in [-0.25, -0.2) is 0 Å². The summed E-state index contributed by atoms with van der Waals surface area (Å²) in [5.41, 5.74) is 0.363. The topological polar surface area (TPSA) is 12.0 Å². The average molecular weight is 301 g/mol. The summed E-state index contributed by atoms with van der Waals surface area (Å²) >= 11 is 0. The Labute approximate surface area is 125 Å². The first-order valence-corrected chi connectivity index (χ1v) is 7.79. The van der Waals surface area contributed by atoms with Crippen molar-refractivity contribution in [3.8, 4) is 0 Å². The van der Waals surface area contributed by atoms with Gasteiger partial charge in [0.15, 0.2) is 0 Å². The second kappa shape index (κ2) is 8.42. The Morgan fingerprint density at radius 3 is 2.14 bits per heavy atom. The number of nitrogens with one attached hydrogen (secondary N) is 1. The minimum Gasteiger partial charge on any atom is -0.310 e.